The van der Waals surface area contributed by atoms with E-state index in [1.165, 1.54) is 19.3 Å². The largest absolute Gasteiger partial charge is 0.465 e. The van der Waals surface area contributed by atoms with Crippen LogP contribution in [0.15, 0.2) is 0 Å². The third kappa shape index (κ3) is 7.25. The lowest BCUT2D eigenvalue weighted by Crippen LogP contribution is -2.28. The lowest BCUT2D eigenvalue weighted by Gasteiger charge is -2.25. The molecule has 1 fully saturated rings. The number of ether oxygens (including phenoxy) is 2. The highest BCUT2D eigenvalue weighted by atomic mass is 16.5. The molecule has 0 saturated heterocycles. The second-order valence-electron chi connectivity index (χ2n) is 6.02. The first-order chi connectivity index (χ1) is 10.7. The van der Waals surface area contributed by atoms with Crippen molar-refractivity contribution in [1.29, 1.82) is 0 Å². The summed E-state index contributed by atoms with van der Waals surface area (Å²) in [7, 11) is 0. The number of carbonyl (C=O) groups excluding carboxylic acids is 2. The standard InChI is InChI=1S/C17H30O5/c1-2-3-4-5-6-12-21-16(19)14-7-9-15(10-8-14)17(20)22-13-11-18/h14-15,18H,2-13H2,1H3. The van der Waals surface area contributed by atoms with Crippen LogP contribution in [-0.4, -0.2) is 36.9 Å². The van der Waals surface area contributed by atoms with Crippen molar-refractivity contribution >= 4 is 11.9 Å². The molecule has 1 aliphatic carbocycles. The smallest absolute Gasteiger partial charge is 0.309 e. The Balaban J connectivity index is 2.13. The minimum Gasteiger partial charge on any atom is -0.465 e. The quantitative estimate of drug-likeness (QED) is 0.496. The molecular weight excluding hydrogens is 284 g/mol. The summed E-state index contributed by atoms with van der Waals surface area (Å²) < 4.78 is 10.3. The van der Waals surface area contributed by atoms with Gasteiger partial charge in [-0.3, -0.25) is 9.59 Å². The van der Waals surface area contributed by atoms with Crippen LogP contribution < -0.4 is 0 Å². The Morgan fingerprint density at radius 2 is 1.36 bits per heavy atom. The summed E-state index contributed by atoms with van der Waals surface area (Å²) in [6, 6.07) is 0. The Morgan fingerprint density at radius 3 is 1.86 bits per heavy atom. The van der Waals surface area contributed by atoms with E-state index in [9.17, 15) is 9.59 Å². The van der Waals surface area contributed by atoms with Crippen LogP contribution in [0.2, 0.25) is 0 Å². The fourth-order valence-corrected chi connectivity index (χ4v) is 2.83. The lowest BCUT2D eigenvalue weighted by molar-refractivity contribution is -0.155. The second kappa shape index (κ2) is 11.5. The molecule has 0 bridgehead atoms. The molecule has 0 aromatic heterocycles. The van der Waals surface area contributed by atoms with Gasteiger partial charge in [0.1, 0.15) is 6.61 Å². The van der Waals surface area contributed by atoms with Crippen LogP contribution in [0.3, 0.4) is 0 Å². The molecule has 0 aliphatic heterocycles. The van der Waals surface area contributed by atoms with E-state index in [4.69, 9.17) is 14.6 Å². The van der Waals surface area contributed by atoms with Crippen molar-refractivity contribution in [3.8, 4) is 0 Å². The molecule has 0 amide bonds. The van der Waals surface area contributed by atoms with E-state index < -0.39 is 0 Å². The average Bonchev–Trinajstić information content (AvgIpc) is 2.55. The van der Waals surface area contributed by atoms with Crippen LogP contribution in [0.4, 0.5) is 0 Å². The van der Waals surface area contributed by atoms with Crippen LogP contribution in [0.1, 0.15) is 64.7 Å². The number of hydrogen-bond acceptors (Lipinski definition) is 5. The molecule has 22 heavy (non-hydrogen) atoms. The van der Waals surface area contributed by atoms with Gasteiger partial charge in [-0.15, -0.1) is 0 Å². The van der Waals surface area contributed by atoms with Crippen molar-refractivity contribution in [1.82, 2.24) is 0 Å². The monoisotopic (exact) mass is 314 g/mol. The van der Waals surface area contributed by atoms with E-state index in [1.54, 1.807) is 0 Å². The van der Waals surface area contributed by atoms with Gasteiger partial charge in [0.05, 0.1) is 25.0 Å². The van der Waals surface area contributed by atoms with Crippen molar-refractivity contribution in [2.75, 3.05) is 19.8 Å². The zero-order chi connectivity index (χ0) is 16.2. The summed E-state index contributed by atoms with van der Waals surface area (Å²) in [6.45, 7) is 2.60. The van der Waals surface area contributed by atoms with Gasteiger partial charge in [-0.05, 0) is 32.1 Å². The van der Waals surface area contributed by atoms with Gasteiger partial charge >= 0.3 is 11.9 Å². The van der Waals surface area contributed by atoms with Crippen molar-refractivity contribution in [3.63, 3.8) is 0 Å². The molecule has 0 aromatic rings. The van der Waals surface area contributed by atoms with Gasteiger partial charge in [-0.25, -0.2) is 0 Å². The fraction of sp³-hybridized carbons (Fsp3) is 0.882. The third-order valence-electron chi connectivity index (χ3n) is 4.22. The number of aliphatic hydroxyl groups excluding tert-OH is 1. The first kappa shape index (κ1) is 18.9. The number of carbonyl (C=O) groups is 2. The minimum absolute atomic E-state index is 0.0544. The number of hydrogen-bond donors (Lipinski definition) is 1. The minimum atomic E-state index is -0.253. The van der Waals surface area contributed by atoms with Gasteiger partial charge in [-0.2, -0.15) is 0 Å². The zero-order valence-electron chi connectivity index (χ0n) is 13.7. The van der Waals surface area contributed by atoms with Crippen LogP contribution in [-0.2, 0) is 19.1 Å². The Labute approximate surface area is 133 Å². The van der Waals surface area contributed by atoms with E-state index >= 15 is 0 Å². The highest BCUT2D eigenvalue weighted by Crippen LogP contribution is 2.30. The van der Waals surface area contributed by atoms with Gasteiger partial charge in [-0.1, -0.05) is 32.6 Å². The summed E-state index contributed by atoms with van der Waals surface area (Å²) >= 11 is 0. The molecule has 0 atom stereocenters. The van der Waals surface area contributed by atoms with Gasteiger partial charge < -0.3 is 14.6 Å². The average molecular weight is 314 g/mol. The first-order valence-electron chi connectivity index (χ1n) is 8.63. The number of esters is 2. The van der Waals surface area contributed by atoms with Gasteiger partial charge in [0.2, 0.25) is 0 Å². The Bertz CT molecular complexity index is 321. The molecule has 5 nitrogen and oxygen atoms in total. The van der Waals surface area contributed by atoms with E-state index in [2.05, 4.69) is 6.92 Å². The second-order valence-corrected chi connectivity index (χ2v) is 6.02. The zero-order valence-corrected chi connectivity index (χ0v) is 13.7. The van der Waals surface area contributed by atoms with Gasteiger partial charge in [0, 0.05) is 0 Å². The number of unbranched alkanes of at least 4 members (excludes halogenated alkanes) is 4. The maximum atomic E-state index is 12.0. The van der Waals surface area contributed by atoms with E-state index in [0.717, 1.165) is 12.8 Å². The molecule has 0 heterocycles. The van der Waals surface area contributed by atoms with Crippen molar-refractivity contribution in [2.45, 2.75) is 64.7 Å². The molecular formula is C17H30O5. The highest BCUT2D eigenvalue weighted by Gasteiger charge is 2.31. The molecule has 5 heteroatoms. The highest BCUT2D eigenvalue weighted by molar-refractivity contribution is 5.75. The van der Waals surface area contributed by atoms with Crippen LogP contribution >= 0.6 is 0 Å². The number of rotatable bonds is 10. The predicted octanol–water partition coefficient (Wildman–Crippen LogP) is 2.84. The Morgan fingerprint density at radius 1 is 0.864 bits per heavy atom. The number of aliphatic hydroxyl groups is 1. The molecule has 128 valence electrons. The first-order valence-corrected chi connectivity index (χ1v) is 8.63. The van der Waals surface area contributed by atoms with E-state index in [1.807, 2.05) is 0 Å². The van der Waals surface area contributed by atoms with E-state index in [-0.39, 0.29) is 37.0 Å². The Hall–Kier alpha value is -1.10. The van der Waals surface area contributed by atoms with Crippen LogP contribution in [0.5, 0.6) is 0 Å². The summed E-state index contributed by atoms with van der Waals surface area (Å²) in [5.41, 5.74) is 0. The van der Waals surface area contributed by atoms with Crippen LogP contribution in [0.25, 0.3) is 0 Å². The molecule has 1 rings (SSSR count). The van der Waals surface area contributed by atoms with E-state index in [0.29, 0.717) is 32.3 Å². The summed E-state index contributed by atoms with van der Waals surface area (Å²) in [5, 5.41) is 8.64. The maximum Gasteiger partial charge on any atom is 0.309 e. The summed E-state index contributed by atoms with van der Waals surface area (Å²) in [6.07, 6.45) is 8.42. The fourth-order valence-electron chi connectivity index (χ4n) is 2.83. The summed E-state index contributed by atoms with van der Waals surface area (Å²) in [5.74, 6) is -0.573. The lowest BCUT2D eigenvalue weighted by atomic mass is 9.82. The molecule has 1 aliphatic rings. The van der Waals surface area contributed by atoms with Gasteiger partial charge in [0.25, 0.3) is 0 Å². The van der Waals surface area contributed by atoms with Crippen LogP contribution in [0, 0.1) is 11.8 Å². The maximum absolute atomic E-state index is 12.0. The Kier molecular flexibility index (Phi) is 9.87. The normalized spacial score (nSPS) is 21.4. The van der Waals surface area contributed by atoms with Crippen molar-refractivity contribution < 1.29 is 24.2 Å². The molecule has 0 unspecified atom stereocenters. The molecule has 1 N–H and O–H groups in total. The SMILES string of the molecule is CCCCCCCOC(=O)C1CCC(C(=O)OCCO)CC1. The topological polar surface area (TPSA) is 72.8 Å². The van der Waals surface area contributed by atoms with Crippen molar-refractivity contribution in [2.24, 2.45) is 11.8 Å². The third-order valence-corrected chi connectivity index (χ3v) is 4.22. The molecule has 0 spiro atoms. The molecule has 0 radical (unpaired) electrons. The molecule has 1 saturated carbocycles. The van der Waals surface area contributed by atoms with Gasteiger partial charge in [0.15, 0.2) is 0 Å². The molecule has 0 aromatic carbocycles. The van der Waals surface area contributed by atoms with Crippen molar-refractivity contribution in [3.05, 3.63) is 0 Å². The predicted molar refractivity (Wildman–Crippen MR) is 83.2 cm³/mol. The summed E-state index contributed by atoms with van der Waals surface area (Å²) in [4.78, 5) is 23.6.